The fraction of sp³-hybridized carbons (Fsp3) is 0.370. The second-order valence-corrected chi connectivity index (χ2v) is 10.4. The first-order chi connectivity index (χ1) is 17.3. The summed E-state index contributed by atoms with van der Waals surface area (Å²) in [6.45, 7) is 7.52. The third-order valence-electron chi connectivity index (χ3n) is 6.19. The third kappa shape index (κ3) is 5.18. The number of hydrogen-bond acceptors (Lipinski definition) is 5. The van der Waals surface area contributed by atoms with Gasteiger partial charge in [-0.2, -0.15) is 0 Å². The summed E-state index contributed by atoms with van der Waals surface area (Å²) in [6.07, 6.45) is 4.71. The van der Waals surface area contributed by atoms with Crippen LogP contribution in [0.4, 0.5) is 4.79 Å². The van der Waals surface area contributed by atoms with Gasteiger partial charge >= 0.3 is 6.09 Å². The lowest BCUT2D eigenvalue weighted by molar-refractivity contribution is 0.0175. The molecule has 1 N–H and O–H groups in total. The molecule has 1 unspecified atom stereocenters. The number of aromatic nitrogens is 4. The summed E-state index contributed by atoms with van der Waals surface area (Å²) < 4.78 is 13.5. The Morgan fingerprint density at radius 3 is 2.72 bits per heavy atom. The Bertz CT molecular complexity index is 1340. The number of carbonyl (C=O) groups is 1. The minimum atomic E-state index is -0.584. The van der Waals surface area contributed by atoms with Crippen molar-refractivity contribution in [2.75, 3.05) is 13.2 Å². The van der Waals surface area contributed by atoms with Crippen molar-refractivity contribution in [3.05, 3.63) is 76.7 Å². The first kappa shape index (κ1) is 24.2. The molecule has 2 aromatic heterocycles. The maximum Gasteiger partial charge on any atom is 0.411 e. The first-order valence-electron chi connectivity index (χ1n) is 12.1. The number of carbonyl (C=O) groups excluding carboxylic acids is 1. The molecule has 36 heavy (non-hydrogen) atoms. The second-order valence-electron chi connectivity index (χ2n) is 9.97. The summed E-state index contributed by atoms with van der Waals surface area (Å²) in [5, 5.41) is 9.57. The minimum Gasteiger partial charge on any atom is -0.494 e. The van der Waals surface area contributed by atoms with Crippen molar-refractivity contribution >= 4 is 28.6 Å². The zero-order chi connectivity index (χ0) is 25.3. The summed E-state index contributed by atoms with van der Waals surface area (Å²) in [4.78, 5) is 18.6. The quantitative estimate of drug-likeness (QED) is 0.335. The molecule has 0 bridgehead atoms. The summed E-state index contributed by atoms with van der Waals surface area (Å²) in [5.74, 6) is 0.778. The molecule has 0 fully saturated rings. The molecule has 0 aliphatic carbocycles. The Morgan fingerprint density at radius 1 is 1.19 bits per heavy atom. The van der Waals surface area contributed by atoms with Crippen LogP contribution >= 0.6 is 11.6 Å². The van der Waals surface area contributed by atoms with Crippen LogP contribution in [0.3, 0.4) is 0 Å². The molecule has 9 heteroatoms. The summed E-state index contributed by atoms with van der Waals surface area (Å²) in [7, 11) is 0. The highest BCUT2D eigenvalue weighted by Gasteiger charge is 2.36. The van der Waals surface area contributed by atoms with Gasteiger partial charge in [0.2, 0.25) is 0 Å². The van der Waals surface area contributed by atoms with E-state index in [1.54, 1.807) is 15.8 Å². The van der Waals surface area contributed by atoms with E-state index in [1.165, 1.54) is 5.56 Å². The molecular weight excluding hydrogens is 478 g/mol. The zero-order valence-corrected chi connectivity index (χ0v) is 21.5. The lowest BCUT2D eigenvalue weighted by Crippen LogP contribution is -2.43. The summed E-state index contributed by atoms with van der Waals surface area (Å²) in [6, 6.07) is 13.5. The Kier molecular flexibility index (Phi) is 6.62. The zero-order valence-electron chi connectivity index (χ0n) is 20.7. The van der Waals surface area contributed by atoms with Crippen molar-refractivity contribution in [2.45, 2.75) is 51.8 Å². The largest absolute Gasteiger partial charge is 0.494 e. The minimum absolute atomic E-state index is 0.309. The van der Waals surface area contributed by atoms with Crippen molar-refractivity contribution in [2.24, 2.45) is 0 Å². The number of ether oxygens (including phenoxy) is 2. The Labute approximate surface area is 215 Å². The Hall–Kier alpha value is -3.52. The van der Waals surface area contributed by atoms with Gasteiger partial charge in [0.05, 0.1) is 12.8 Å². The second kappa shape index (κ2) is 9.85. The molecule has 1 aliphatic rings. The van der Waals surface area contributed by atoms with E-state index in [-0.39, 0.29) is 12.1 Å². The maximum absolute atomic E-state index is 13.2. The van der Waals surface area contributed by atoms with Gasteiger partial charge < -0.3 is 14.5 Å². The normalized spacial score (nSPS) is 15.7. The van der Waals surface area contributed by atoms with Gasteiger partial charge in [-0.15, -0.1) is 5.10 Å². The molecule has 2 aromatic carbocycles. The first-order valence-corrected chi connectivity index (χ1v) is 12.5. The number of rotatable bonds is 6. The van der Waals surface area contributed by atoms with E-state index in [2.05, 4.69) is 15.3 Å². The van der Waals surface area contributed by atoms with E-state index >= 15 is 0 Å². The highest BCUT2D eigenvalue weighted by Crippen LogP contribution is 2.40. The topological polar surface area (TPSA) is 85.3 Å². The Balaban J connectivity index is 1.40. The van der Waals surface area contributed by atoms with Crippen LogP contribution in [0.1, 0.15) is 50.1 Å². The highest BCUT2D eigenvalue weighted by molar-refractivity contribution is 6.31. The Morgan fingerprint density at radius 2 is 2.00 bits per heavy atom. The number of aryl methyl sites for hydroxylation is 1. The van der Waals surface area contributed by atoms with Crippen LogP contribution in [0.25, 0.3) is 10.9 Å². The fourth-order valence-electron chi connectivity index (χ4n) is 4.64. The number of benzene rings is 2. The van der Waals surface area contributed by atoms with Crippen LogP contribution in [0, 0.1) is 0 Å². The van der Waals surface area contributed by atoms with Crippen LogP contribution in [-0.2, 0) is 17.7 Å². The molecule has 3 heterocycles. The van der Waals surface area contributed by atoms with Gasteiger partial charge in [-0.1, -0.05) is 28.9 Å². The number of fused-ring (bicyclic) bond motifs is 3. The van der Waals surface area contributed by atoms with Gasteiger partial charge in [0.1, 0.15) is 17.4 Å². The molecule has 1 aliphatic heterocycles. The summed E-state index contributed by atoms with van der Waals surface area (Å²) in [5.41, 5.74) is 3.58. The van der Waals surface area contributed by atoms with Gasteiger partial charge in [0, 0.05) is 47.3 Å². The molecule has 0 radical (unpaired) electrons. The summed E-state index contributed by atoms with van der Waals surface area (Å²) >= 11 is 6.30. The molecule has 1 amide bonds. The average Bonchev–Trinajstić information content (AvgIpc) is 3.48. The highest BCUT2D eigenvalue weighted by atomic mass is 35.5. The third-order valence-corrected chi connectivity index (χ3v) is 6.42. The van der Waals surface area contributed by atoms with E-state index in [0.717, 1.165) is 47.3 Å². The molecule has 4 aromatic rings. The SMILES string of the molecule is CC(C)(C)OC(=O)N1CCc2c([nH]c3ccc(Cl)cc23)C1c1ccc(OCCCn2ccnn2)cc1. The van der Waals surface area contributed by atoms with Crippen LogP contribution in [-0.4, -0.2) is 49.7 Å². The standard InChI is InChI=1S/C27H30ClN5O3/c1-27(2,3)36-26(34)33-14-11-21-22-17-19(28)7-10-23(22)30-24(21)25(33)18-5-8-20(9-6-18)35-16-4-13-32-15-12-29-31-32/h5-10,12,15,17,25,30H,4,11,13-14,16H2,1-3H3. The number of nitrogens with zero attached hydrogens (tertiary/aromatic N) is 4. The maximum atomic E-state index is 13.2. The number of hydrogen-bond donors (Lipinski definition) is 1. The van der Waals surface area contributed by atoms with Crippen molar-refractivity contribution in [1.82, 2.24) is 24.9 Å². The number of amides is 1. The van der Waals surface area contributed by atoms with E-state index < -0.39 is 5.60 Å². The van der Waals surface area contributed by atoms with Crippen LogP contribution in [0.2, 0.25) is 5.02 Å². The van der Waals surface area contributed by atoms with E-state index in [4.69, 9.17) is 21.1 Å². The van der Waals surface area contributed by atoms with Crippen LogP contribution < -0.4 is 4.74 Å². The molecule has 8 nitrogen and oxygen atoms in total. The average molecular weight is 508 g/mol. The van der Waals surface area contributed by atoms with Gasteiger partial charge in [0.15, 0.2) is 0 Å². The number of halogens is 1. The van der Waals surface area contributed by atoms with Crippen molar-refractivity contribution < 1.29 is 14.3 Å². The molecule has 1 atom stereocenters. The van der Waals surface area contributed by atoms with Crippen LogP contribution in [0.15, 0.2) is 54.9 Å². The molecule has 5 rings (SSSR count). The molecule has 0 spiro atoms. The van der Waals surface area contributed by atoms with Gasteiger partial charge in [0.25, 0.3) is 0 Å². The van der Waals surface area contributed by atoms with Gasteiger partial charge in [-0.3, -0.25) is 9.58 Å². The predicted octanol–water partition coefficient (Wildman–Crippen LogP) is 5.76. The fourth-order valence-corrected chi connectivity index (χ4v) is 4.81. The molecule has 0 saturated heterocycles. The molecule has 188 valence electrons. The van der Waals surface area contributed by atoms with Gasteiger partial charge in [-0.25, -0.2) is 4.79 Å². The van der Waals surface area contributed by atoms with Crippen molar-refractivity contribution in [1.29, 1.82) is 0 Å². The smallest absolute Gasteiger partial charge is 0.411 e. The van der Waals surface area contributed by atoms with Crippen molar-refractivity contribution in [3.63, 3.8) is 0 Å². The van der Waals surface area contributed by atoms with E-state index in [1.807, 2.05) is 69.4 Å². The van der Waals surface area contributed by atoms with Crippen molar-refractivity contribution in [3.8, 4) is 5.75 Å². The number of aromatic amines is 1. The number of nitrogens with one attached hydrogen (secondary N) is 1. The lowest BCUT2D eigenvalue weighted by Gasteiger charge is -2.37. The molecule has 0 saturated carbocycles. The number of H-pyrrole nitrogens is 1. The van der Waals surface area contributed by atoms with E-state index in [9.17, 15) is 4.79 Å². The van der Waals surface area contributed by atoms with Gasteiger partial charge in [-0.05, 0) is 68.7 Å². The van der Waals surface area contributed by atoms with E-state index in [0.29, 0.717) is 18.2 Å². The van der Waals surface area contributed by atoms with Crippen LogP contribution in [0.5, 0.6) is 5.75 Å². The molecular formula is C27H30ClN5O3. The predicted molar refractivity (Wildman–Crippen MR) is 138 cm³/mol. The monoisotopic (exact) mass is 507 g/mol. The lowest BCUT2D eigenvalue weighted by atomic mass is 9.92.